The number of nitrogens with zero attached hydrogens (tertiary/aromatic N) is 1. The Kier molecular flexibility index (Phi) is 42.1. The summed E-state index contributed by atoms with van der Waals surface area (Å²) in [5, 5.41) is 0. The maximum absolute atomic E-state index is 8.81. The normalized spacial score (nSPS) is 5.62. The smallest absolute Gasteiger partial charge is 0.116 e. The Labute approximate surface area is 82.0 Å². The second kappa shape index (κ2) is 30.8. The van der Waals surface area contributed by atoms with Crippen LogP contribution in [-0.2, 0) is 4.79 Å². The summed E-state index contributed by atoms with van der Waals surface area (Å²) in [7, 11) is 0. The molecule has 0 aliphatic carbocycles. The van der Waals surface area contributed by atoms with Crippen molar-refractivity contribution in [3.8, 4) is 0 Å². The maximum atomic E-state index is 8.81. The first-order valence-electron chi connectivity index (χ1n) is 4.66. The second-order valence-electron chi connectivity index (χ2n) is 1.26. The third kappa shape index (κ3) is 36.2. The molecule has 0 atom stereocenters. The van der Waals surface area contributed by atoms with Crippen molar-refractivity contribution in [1.82, 2.24) is 4.98 Å². The van der Waals surface area contributed by atoms with E-state index in [9.17, 15) is 0 Å². The molecule has 0 aliphatic heterocycles. The molecular weight excluding hydrogens is 162 g/mol. The number of rotatable bonds is 0. The molecule has 0 saturated carbocycles. The summed E-state index contributed by atoms with van der Waals surface area (Å²) in [4.78, 5) is 12.6. The zero-order valence-corrected chi connectivity index (χ0v) is 9.32. The molecule has 1 aromatic rings. The van der Waals surface area contributed by atoms with Gasteiger partial charge < -0.3 is 4.79 Å². The standard InChI is InChI=1S/C5H5N.C2H4O.2C2H6/c1-2-4-6-5-3-1;1-2-3;2*1-2/h1-5H;2H,1H3;2*1-2H3. The van der Waals surface area contributed by atoms with Gasteiger partial charge in [-0.2, -0.15) is 0 Å². The summed E-state index contributed by atoms with van der Waals surface area (Å²) in [6.07, 6.45) is 4.25. The molecule has 0 aliphatic rings. The van der Waals surface area contributed by atoms with E-state index in [4.69, 9.17) is 4.79 Å². The lowest BCUT2D eigenvalue weighted by Crippen LogP contribution is -1.58. The molecule has 13 heavy (non-hydrogen) atoms. The van der Waals surface area contributed by atoms with Crippen LogP contribution in [0.15, 0.2) is 30.6 Å². The van der Waals surface area contributed by atoms with Crippen molar-refractivity contribution in [2.45, 2.75) is 34.6 Å². The molecule has 0 amide bonds. The molecule has 0 aromatic carbocycles. The Morgan fingerprint density at radius 2 is 1.23 bits per heavy atom. The molecule has 1 heterocycles. The van der Waals surface area contributed by atoms with Crippen molar-refractivity contribution in [1.29, 1.82) is 0 Å². The summed E-state index contributed by atoms with van der Waals surface area (Å²) in [6.45, 7) is 9.44. The van der Waals surface area contributed by atoms with Gasteiger partial charge in [-0.15, -0.1) is 0 Å². The van der Waals surface area contributed by atoms with Crippen LogP contribution >= 0.6 is 0 Å². The Morgan fingerprint density at radius 3 is 1.31 bits per heavy atom. The van der Waals surface area contributed by atoms with Gasteiger partial charge in [0.05, 0.1) is 0 Å². The van der Waals surface area contributed by atoms with E-state index in [1.165, 1.54) is 6.92 Å². The molecule has 0 unspecified atom stereocenters. The van der Waals surface area contributed by atoms with E-state index in [1.54, 1.807) is 12.4 Å². The van der Waals surface area contributed by atoms with Crippen molar-refractivity contribution < 1.29 is 4.79 Å². The van der Waals surface area contributed by atoms with Gasteiger partial charge in [0, 0.05) is 12.4 Å². The molecule has 0 radical (unpaired) electrons. The van der Waals surface area contributed by atoms with Gasteiger partial charge >= 0.3 is 0 Å². The quantitative estimate of drug-likeness (QED) is 0.577. The average molecular weight is 183 g/mol. The van der Waals surface area contributed by atoms with Crippen LogP contribution in [-0.4, -0.2) is 11.3 Å². The van der Waals surface area contributed by atoms with E-state index in [-0.39, 0.29) is 0 Å². The fraction of sp³-hybridized carbons (Fsp3) is 0.455. The van der Waals surface area contributed by atoms with Crippen molar-refractivity contribution >= 4 is 6.29 Å². The van der Waals surface area contributed by atoms with Crippen LogP contribution in [0.2, 0.25) is 0 Å². The average Bonchev–Trinajstić information content (AvgIpc) is 2.27. The number of aldehydes is 1. The zero-order valence-electron chi connectivity index (χ0n) is 9.32. The largest absolute Gasteiger partial charge is 0.304 e. The summed E-state index contributed by atoms with van der Waals surface area (Å²) in [5.74, 6) is 0. The summed E-state index contributed by atoms with van der Waals surface area (Å²) >= 11 is 0. The zero-order chi connectivity index (χ0) is 10.9. The predicted molar refractivity (Wildman–Crippen MR) is 58.7 cm³/mol. The lowest BCUT2D eigenvalue weighted by atomic mass is 10.5. The lowest BCUT2D eigenvalue weighted by molar-refractivity contribution is -0.106. The van der Waals surface area contributed by atoms with Gasteiger partial charge in [0.25, 0.3) is 0 Å². The fourth-order valence-corrected chi connectivity index (χ4v) is 0.313. The van der Waals surface area contributed by atoms with Gasteiger partial charge in [0.2, 0.25) is 0 Å². The first-order valence-corrected chi connectivity index (χ1v) is 4.66. The van der Waals surface area contributed by atoms with E-state index in [2.05, 4.69) is 4.98 Å². The number of hydrogen-bond acceptors (Lipinski definition) is 2. The van der Waals surface area contributed by atoms with Crippen molar-refractivity contribution in [2.75, 3.05) is 0 Å². The van der Waals surface area contributed by atoms with Crippen molar-refractivity contribution in [3.05, 3.63) is 30.6 Å². The molecule has 0 fully saturated rings. The van der Waals surface area contributed by atoms with E-state index < -0.39 is 0 Å². The highest BCUT2D eigenvalue weighted by Gasteiger charge is 1.58. The first-order chi connectivity index (χ1) is 6.41. The summed E-state index contributed by atoms with van der Waals surface area (Å²) < 4.78 is 0. The van der Waals surface area contributed by atoms with Crippen molar-refractivity contribution in [3.63, 3.8) is 0 Å². The SMILES string of the molecule is CC.CC.CC=O.c1ccncc1. The topological polar surface area (TPSA) is 30.0 Å². The molecule has 1 rings (SSSR count). The van der Waals surface area contributed by atoms with Crippen LogP contribution in [0.3, 0.4) is 0 Å². The van der Waals surface area contributed by atoms with E-state index in [0.717, 1.165) is 6.29 Å². The Balaban J connectivity index is -0.000000124. The van der Waals surface area contributed by atoms with Crippen LogP contribution in [0.1, 0.15) is 34.6 Å². The van der Waals surface area contributed by atoms with Gasteiger partial charge in [0.15, 0.2) is 0 Å². The van der Waals surface area contributed by atoms with Gasteiger partial charge in [-0.25, -0.2) is 0 Å². The minimum Gasteiger partial charge on any atom is -0.304 e. The summed E-state index contributed by atoms with van der Waals surface area (Å²) in [6, 6.07) is 5.72. The van der Waals surface area contributed by atoms with Gasteiger partial charge in [-0.05, 0) is 19.1 Å². The molecular formula is C11H21NO. The van der Waals surface area contributed by atoms with Crippen LogP contribution in [0, 0.1) is 0 Å². The highest BCUT2D eigenvalue weighted by Crippen LogP contribution is 1.73. The Morgan fingerprint density at radius 1 is 0.923 bits per heavy atom. The Hall–Kier alpha value is -1.18. The predicted octanol–water partition coefficient (Wildman–Crippen LogP) is 3.34. The third-order valence-electron chi connectivity index (χ3n) is 0.566. The molecule has 0 saturated heterocycles. The molecule has 2 nitrogen and oxygen atoms in total. The van der Waals surface area contributed by atoms with Crippen LogP contribution in [0.4, 0.5) is 0 Å². The van der Waals surface area contributed by atoms with Crippen molar-refractivity contribution in [2.24, 2.45) is 0 Å². The maximum Gasteiger partial charge on any atom is 0.116 e. The monoisotopic (exact) mass is 183 g/mol. The molecule has 76 valence electrons. The number of carbonyl (C=O) groups is 1. The Bertz CT molecular complexity index is 113. The lowest BCUT2D eigenvalue weighted by Gasteiger charge is -1.70. The number of hydrogen-bond donors (Lipinski definition) is 0. The molecule has 2 heteroatoms. The van der Waals surface area contributed by atoms with Crippen LogP contribution < -0.4 is 0 Å². The highest BCUT2D eigenvalue weighted by molar-refractivity contribution is 5.44. The minimum atomic E-state index is 0.750. The molecule has 0 bridgehead atoms. The van der Waals surface area contributed by atoms with E-state index in [0.29, 0.717) is 0 Å². The summed E-state index contributed by atoms with van der Waals surface area (Å²) in [5.41, 5.74) is 0. The van der Waals surface area contributed by atoms with Gasteiger partial charge in [-0.1, -0.05) is 33.8 Å². The highest BCUT2D eigenvalue weighted by atomic mass is 16.1. The number of carbonyl (C=O) groups excluding carboxylic acids is 1. The molecule has 0 N–H and O–H groups in total. The first kappa shape index (κ1) is 17.8. The van der Waals surface area contributed by atoms with Gasteiger partial charge in [-0.3, -0.25) is 4.98 Å². The fourth-order valence-electron chi connectivity index (χ4n) is 0.313. The van der Waals surface area contributed by atoms with E-state index >= 15 is 0 Å². The second-order valence-corrected chi connectivity index (χ2v) is 1.26. The molecule has 1 aromatic heterocycles. The van der Waals surface area contributed by atoms with Crippen LogP contribution in [0.25, 0.3) is 0 Å². The number of aromatic nitrogens is 1. The minimum absolute atomic E-state index is 0.750. The van der Waals surface area contributed by atoms with E-state index in [1.807, 2.05) is 45.9 Å². The number of pyridine rings is 1. The third-order valence-corrected chi connectivity index (χ3v) is 0.566. The molecule has 0 spiro atoms. The van der Waals surface area contributed by atoms with Crippen LogP contribution in [0.5, 0.6) is 0 Å². The van der Waals surface area contributed by atoms with Gasteiger partial charge in [0.1, 0.15) is 6.29 Å².